The van der Waals surface area contributed by atoms with E-state index in [4.69, 9.17) is 0 Å². The van der Waals surface area contributed by atoms with E-state index in [2.05, 4.69) is 13.8 Å². The molecule has 4 atom stereocenters. The maximum absolute atomic E-state index is 12.1. The van der Waals surface area contributed by atoms with Gasteiger partial charge in [-0.15, -0.1) is 0 Å². The van der Waals surface area contributed by atoms with Crippen LogP contribution in [0.3, 0.4) is 0 Å². The predicted molar refractivity (Wildman–Crippen MR) is 60.5 cm³/mol. The van der Waals surface area contributed by atoms with E-state index >= 15 is 0 Å². The summed E-state index contributed by atoms with van der Waals surface area (Å²) in [7, 11) is 0. The standard InChI is InChI=1S/C14H22O/c1-9(2)12-10-5-3-7-14(10)8-4-6-11(15)13(12)14/h9-10,12-13H,3-8H2,1-2H3/t10-,12+,13-,14+/m1/s1. The topological polar surface area (TPSA) is 17.1 Å². The summed E-state index contributed by atoms with van der Waals surface area (Å²) in [4.78, 5) is 12.1. The van der Waals surface area contributed by atoms with Crippen molar-refractivity contribution < 1.29 is 4.79 Å². The van der Waals surface area contributed by atoms with E-state index in [9.17, 15) is 4.79 Å². The summed E-state index contributed by atoms with van der Waals surface area (Å²) < 4.78 is 0. The SMILES string of the molecule is CC(C)[C@H]1[C@H]2CCC[C@]23CCCC(=O)[C@H]13. The molecule has 1 spiro atoms. The Morgan fingerprint density at radius 2 is 2.00 bits per heavy atom. The molecule has 3 aliphatic carbocycles. The second-order valence-corrected chi connectivity index (χ2v) is 6.35. The molecular weight excluding hydrogens is 184 g/mol. The van der Waals surface area contributed by atoms with Gasteiger partial charge < -0.3 is 0 Å². The third-order valence-corrected chi connectivity index (χ3v) is 5.55. The summed E-state index contributed by atoms with van der Waals surface area (Å²) in [5.74, 6) is 3.44. The largest absolute Gasteiger partial charge is 0.299 e. The van der Waals surface area contributed by atoms with Crippen molar-refractivity contribution in [2.24, 2.45) is 29.1 Å². The summed E-state index contributed by atoms with van der Waals surface area (Å²) in [6, 6.07) is 0. The molecule has 15 heavy (non-hydrogen) atoms. The Kier molecular flexibility index (Phi) is 2.03. The van der Waals surface area contributed by atoms with Crippen LogP contribution in [0.15, 0.2) is 0 Å². The van der Waals surface area contributed by atoms with E-state index in [-0.39, 0.29) is 0 Å². The maximum Gasteiger partial charge on any atom is 0.136 e. The maximum atomic E-state index is 12.1. The van der Waals surface area contributed by atoms with Gasteiger partial charge in [0.2, 0.25) is 0 Å². The lowest BCUT2D eigenvalue weighted by atomic mass is 9.41. The Morgan fingerprint density at radius 1 is 1.27 bits per heavy atom. The van der Waals surface area contributed by atoms with Crippen molar-refractivity contribution in [3.63, 3.8) is 0 Å². The normalized spacial score (nSPS) is 48.7. The van der Waals surface area contributed by atoms with Gasteiger partial charge in [0.15, 0.2) is 0 Å². The first-order chi connectivity index (χ1) is 7.17. The fourth-order valence-electron chi connectivity index (χ4n) is 5.18. The van der Waals surface area contributed by atoms with Crippen LogP contribution in [0.25, 0.3) is 0 Å². The van der Waals surface area contributed by atoms with Crippen LogP contribution in [-0.2, 0) is 4.79 Å². The van der Waals surface area contributed by atoms with Gasteiger partial charge in [-0.1, -0.05) is 20.3 Å². The number of carbonyl (C=O) groups excluding carboxylic acids is 1. The van der Waals surface area contributed by atoms with E-state index in [1.165, 1.54) is 32.1 Å². The molecule has 0 N–H and O–H groups in total. The van der Waals surface area contributed by atoms with E-state index in [1.807, 2.05) is 0 Å². The van der Waals surface area contributed by atoms with Crippen LogP contribution in [0.1, 0.15) is 52.4 Å². The van der Waals surface area contributed by atoms with Crippen LogP contribution in [-0.4, -0.2) is 5.78 Å². The van der Waals surface area contributed by atoms with Crippen molar-refractivity contribution in [3.8, 4) is 0 Å². The Morgan fingerprint density at radius 3 is 2.73 bits per heavy atom. The molecule has 0 heterocycles. The van der Waals surface area contributed by atoms with Crippen LogP contribution >= 0.6 is 0 Å². The van der Waals surface area contributed by atoms with Gasteiger partial charge >= 0.3 is 0 Å². The second kappa shape index (κ2) is 3.09. The van der Waals surface area contributed by atoms with Gasteiger partial charge in [-0.2, -0.15) is 0 Å². The second-order valence-electron chi connectivity index (χ2n) is 6.35. The predicted octanol–water partition coefficient (Wildman–Crippen LogP) is 3.43. The monoisotopic (exact) mass is 206 g/mol. The van der Waals surface area contributed by atoms with E-state index in [0.717, 1.165) is 18.3 Å². The van der Waals surface area contributed by atoms with Crippen molar-refractivity contribution in [2.45, 2.75) is 52.4 Å². The zero-order chi connectivity index (χ0) is 10.6. The Bertz CT molecular complexity index is 294. The summed E-state index contributed by atoms with van der Waals surface area (Å²) in [6.45, 7) is 4.63. The van der Waals surface area contributed by atoms with Crippen LogP contribution in [0.5, 0.6) is 0 Å². The number of Topliss-reactive ketones (excluding diaryl/α,β-unsaturated/α-hetero) is 1. The minimum atomic E-state index is 0.471. The minimum absolute atomic E-state index is 0.471. The van der Waals surface area contributed by atoms with Crippen molar-refractivity contribution >= 4 is 5.78 Å². The average Bonchev–Trinajstić information content (AvgIpc) is 2.47. The number of hydrogen-bond acceptors (Lipinski definition) is 1. The first-order valence-electron chi connectivity index (χ1n) is 6.69. The third kappa shape index (κ3) is 1.07. The molecule has 0 aromatic heterocycles. The number of ketones is 1. The quantitative estimate of drug-likeness (QED) is 0.642. The summed E-state index contributed by atoms with van der Waals surface area (Å²) >= 11 is 0. The van der Waals surface area contributed by atoms with Gasteiger partial charge in [0, 0.05) is 12.3 Å². The highest BCUT2D eigenvalue weighted by Crippen LogP contribution is 2.70. The molecule has 0 aliphatic heterocycles. The molecule has 0 aromatic rings. The summed E-state index contributed by atoms with van der Waals surface area (Å²) in [6.07, 6.45) is 7.57. The van der Waals surface area contributed by atoms with Gasteiger partial charge in [0.05, 0.1) is 0 Å². The smallest absolute Gasteiger partial charge is 0.136 e. The molecule has 0 bridgehead atoms. The zero-order valence-corrected chi connectivity index (χ0v) is 9.96. The summed E-state index contributed by atoms with van der Waals surface area (Å²) in [5, 5.41) is 0. The first-order valence-corrected chi connectivity index (χ1v) is 6.69. The molecule has 1 heteroatoms. The Labute approximate surface area is 92.6 Å². The lowest BCUT2D eigenvalue weighted by Gasteiger charge is -2.62. The van der Waals surface area contributed by atoms with Crippen LogP contribution < -0.4 is 0 Å². The van der Waals surface area contributed by atoms with Crippen LogP contribution in [0.4, 0.5) is 0 Å². The molecule has 3 fully saturated rings. The molecule has 84 valence electrons. The molecule has 0 radical (unpaired) electrons. The molecule has 3 aliphatic rings. The molecular formula is C14H22O. The number of carbonyl (C=O) groups is 1. The fraction of sp³-hybridized carbons (Fsp3) is 0.929. The molecule has 0 unspecified atom stereocenters. The Hall–Kier alpha value is -0.330. The molecule has 3 rings (SSSR count). The lowest BCUT2D eigenvalue weighted by Crippen LogP contribution is -2.60. The number of hydrogen-bond donors (Lipinski definition) is 0. The van der Waals surface area contributed by atoms with Gasteiger partial charge in [0.1, 0.15) is 5.78 Å². The minimum Gasteiger partial charge on any atom is -0.299 e. The molecule has 0 saturated heterocycles. The number of rotatable bonds is 1. The molecule has 0 aromatic carbocycles. The molecule has 3 saturated carbocycles. The highest BCUT2D eigenvalue weighted by atomic mass is 16.1. The molecule has 1 nitrogen and oxygen atoms in total. The summed E-state index contributed by atoms with van der Waals surface area (Å²) in [5.41, 5.74) is 0.504. The van der Waals surface area contributed by atoms with Crippen molar-refractivity contribution in [3.05, 3.63) is 0 Å². The van der Waals surface area contributed by atoms with Gasteiger partial charge in [0.25, 0.3) is 0 Å². The third-order valence-electron chi connectivity index (χ3n) is 5.55. The lowest BCUT2D eigenvalue weighted by molar-refractivity contribution is -0.171. The van der Waals surface area contributed by atoms with Crippen LogP contribution in [0.2, 0.25) is 0 Å². The fourth-order valence-corrected chi connectivity index (χ4v) is 5.18. The van der Waals surface area contributed by atoms with Crippen molar-refractivity contribution in [1.29, 1.82) is 0 Å². The van der Waals surface area contributed by atoms with Crippen LogP contribution in [0, 0.1) is 29.1 Å². The van der Waals surface area contributed by atoms with Gasteiger partial charge in [-0.05, 0) is 48.9 Å². The van der Waals surface area contributed by atoms with Crippen molar-refractivity contribution in [1.82, 2.24) is 0 Å². The molecule has 0 amide bonds. The van der Waals surface area contributed by atoms with Gasteiger partial charge in [-0.3, -0.25) is 4.79 Å². The van der Waals surface area contributed by atoms with E-state index < -0.39 is 0 Å². The Balaban J connectivity index is 1.93. The van der Waals surface area contributed by atoms with Gasteiger partial charge in [-0.25, -0.2) is 0 Å². The first kappa shape index (κ1) is 9.86. The van der Waals surface area contributed by atoms with Crippen molar-refractivity contribution in [2.75, 3.05) is 0 Å². The highest BCUT2D eigenvalue weighted by Gasteiger charge is 2.66. The average molecular weight is 206 g/mol. The van der Waals surface area contributed by atoms with E-state index in [0.29, 0.717) is 23.0 Å². The highest BCUT2D eigenvalue weighted by molar-refractivity contribution is 5.84. The zero-order valence-electron chi connectivity index (χ0n) is 9.96. The van der Waals surface area contributed by atoms with E-state index in [1.54, 1.807) is 0 Å².